The standard InChI is InChI=1S/C27H23BrFN3O/c28-21-8-11-25-23(16-21)24(17-26(30-25)20-4-2-1-3-5-20)27(33)32-14-12-31(13-15-32)18-19-6-9-22(29)10-7-19/h1-11,16-17H,12-15,18H2. The molecule has 33 heavy (non-hydrogen) atoms. The van der Waals surface area contributed by atoms with E-state index in [1.165, 1.54) is 12.1 Å². The summed E-state index contributed by atoms with van der Waals surface area (Å²) >= 11 is 3.54. The third kappa shape index (κ3) is 4.82. The van der Waals surface area contributed by atoms with Gasteiger partial charge in [0.1, 0.15) is 5.82 Å². The summed E-state index contributed by atoms with van der Waals surface area (Å²) in [5.74, 6) is -0.195. The number of carbonyl (C=O) groups excluding carboxylic acids is 1. The van der Waals surface area contributed by atoms with Gasteiger partial charge in [-0.15, -0.1) is 0 Å². The van der Waals surface area contributed by atoms with E-state index in [0.29, 0.717) is 18.7 Å². The monoisotopic (exact) mass is 503 g/mol. The van der Waals surface area contributed by atoms with Crippen molar-refractivity contribution < 1.29 is 9.18 Å². The van der Waals surface area contributed by atoms with E-state index in [4.69, 9.17) is 4.98 Å². The molecule has 3 aromatic carbocycles. The Kier molecular flexibility index (Phi) is 6.20. The van der Waals surface area contributed by atoms with Crippen molar-refractivity contribution >= 4 is 32.7 Å². The lowest BCUT2D eigenvalue weighted by atomic mass is 10.0. The van der Waals surface area contributed by atoms with E-state index >= 15 is 0 Å². The molecule has 0 spiro atoms. The maximum Gasteiger partial charge on any atom is 0.254 e. The molecule has 1 aromatic heterocycles. The largest absolute Gasteiger partial charge is 0.336 e. The van der Waals surface area contributed by atoms with Crippen LogP contribution in [0.4, 0.5) is 4.39 Å². The number of hydrogen-bond acceptors (Lipinski definition) is 3. The summed E-state index contributed by atoms with van der Waals surface area (Å²) in [6, 6.07) is 24.3. The number of aromatic nitrogens is 1. The van der Waals surface area contributed by atoms with Crippen molar-refractivity contribution in [2.45, 2.75) is 6.54 Å². The van der Waals surface area contributed by atoms with Crippen LogP contribution >= 0.6 is 15.9 Å². The van der Waals surface area contributed by atoms with Crippen LogP contribution in [-0.2, 0) is 6.54 Å². The molecule has 0 saturated carbocycles. The quantitative estimate of drug-likeness (QED) is 0.355. The van der Waals surface area contributed by atoms with E-state index in [-0.39, 0.29) is 11.7 Å². The summed E-state index contributed by atoms with van der Waals surface area (Å²) in [5, 5.41) is 0.850. The molecule has 4 aromatic rings. The second-order valence-electron chi connectivity index (χ2n) is 8.28. The topological polar surface area (TPSA) is 36.4 Å². The first-order valence-corrected chi connectivity index (χ1v) is 11.8. The van der Waals surface area contributed by atoms with E-state index in [1.807, 2.05) is 71.6 Å². The van der Waals surface area contributed by atoms with Gasteiger partial charge in [0.15, 0.2) is 0 Å². The number of piperazine rings is 1. The van der Waals surface area contributed by atoms with Crippen LogP contribution in [0.5, 0.6) is 0 Å². The normalized spacial score (nSPS) is 14.5. The minimum absolute atomic E-state index is 0.0270. The highest BCUT2D eigenvalue weighted by Gasteiger charge is 2.24. The lowest BCUT2D eigenvalue weighted by Gasteiger charge is -2.35. The second kappa shape index (κ2) is 9.41. The van der Waals surface area contributed by atoms with Crippen LogP contribution in [-0.4, -0.2) is 46.9 Å². The highest BCUT2D eigenvalue weighted by Crippen LogP contribution is 2.28. The van der Waals surface area contributed by atoms with Gasteiger partial charge in [-0.3, -0.25) is 9.69 Å². The van der Waals surface area contributed by atoms with Gasteiger partial charge >= 0.3 is 0 Å². The molecule has 0 bridgehead atoms. The predicted octanol–water partition coefficient (Wildman–Crippen LogP) is 5.76. The highest BCUT2D eigenvalue weighted by atomic mass is 79.9. The van der Waals surface area contributed by atoms with E-state index in [2.05, 4.69) is 20.8 Å². The first-order valence-electron chi connectivity index (χ1n) is 11.0. The number of nitrogens with zero attached hydrogens (tertiary/aromatic N) is 3. The summed E-state index contributed by atoms with van der Waals surface area (Å²) in [6.07, 6.45) is 0. The van der Waals surface area contributed by atoms with Crippen LogP contribution in [0, 0.1) is 5.82 Å². The summed E-state index contributed by atoms with van der Waals surface area (Å²) in [6.45, 7) is 3.62. The molecule has 2 heterocycles. The molecular weight excluding hydrogens is 481 g/mol. The maximum absolute atomic E-state index is 13.6. The molecule has 1 aliphatic heterocycles. The lowest BCUT2D eigenvalue weighted by molar-refractivity contribution is 0.0630. The van der Waals surface area contributed by atoms with Crippen molar-refractivity contribution in [1.82, 2.24) is 14.8 Å². The van der Waals surface area contributed by atoms with Crippen molar-refractivity contribution in [3.05, 3.63) is 100 Å². The van der Waals surface area contributed by atoms with Crippen LogP contribution in [0.2, 0.25) is 0 Å². The molecule has 1 aliphatic rings. The molecule has 0 unspecified atom stereocenters. The number of rotatable bonds is 4. The zero-order chi connectivity index (χ0) is 22.8. The van der Waals surface area contributed by atoms with Crippen LogP contribution in [0.15, 0.2) is 83.3 Å². The fraction of sp³-hybridized carbons (Fsp3) is 0.185. The molecule has 0 aliphatic carbocycles. The lowest BCUT2D eigenvalue weighted by Crippen LogP contribution is -2.48. The predicted molar refractivity (Wildman–Crippen MR) is 132 cm³/mol. The van der Waals surface area contributed by atoms with Gasteiger partial charge in [0.05, 0.1) is 16.8 Å². The Morgan fingerprint density at radius 3 is 2.36 bits per heavy atom. The van der Waals surface area contributed by atoms with E-state index in [0.717, 1.165) is 51.8 Å². The van der Waals surface area contributed by atoms with Crippen LogP contribution in [0.25, 0.3) is 22.2 Å². The fourth-order valence-electron chi connectivity index (χ4n) is 4.26. The number of fused-ring (bicyclic) bond motifs is 1. The zero-order valence-corrected chi connectivity index (χ0v) is 19.6. The molecule has 4 nitrogen and oxygen atoms in total. The SMILES string of the molecule is O=C(c1cc(-c2ccccc2)nc2ccc(Br)cc12)N1CCN(Cc2ccc(F)cc2)CC1. The third-order valence-electron chi connectivity index (χ3n) is 6.05. The third-order valence-corrected chi connectivity index (χ3v) is 6.54. The van der Waals surface area contributed by atoms with Crippen molar-refractivity contribution in [2.75, 3.05) is 26.2 Å². The fourth-order valence-corrected chi connectivity index (χ4v) is 4.62. The number of halogens is 2. The molecular formula is C27H23BrFN3O. The van der Waals surface area contributed by atoms with Gasteiger partial charge in [0, 0.05) is 48.1 Å². The number of hydrogen-bond donors (Lipinski definition) is 0. The number of benzene rings is 3. The molecule has 166 valence electrons. The van der Waals surface area contributed by atoms with Gasteiger partial charge in [0.2, 0.25) is 0 Å². The molecule has 0 N–H and O–H groups in total. The minimum Gasteiger partial charge on any atom is -0.336 e. The Hall–Kier alpha value is -3.09. The van der Waals surface area contributed by atoms with Crippen LogP contribution in [0.1, 0.15) is 15.9 Å². The van der Waals surface area contributed by atoms with E-state index in [9.17, 15) is 9.18 Å². The van der Waals surface area contributed by atoms with Gasteiger partial charge in [-0.1, -0.05) is 58.4 Å². The van der Waals surface area contributed by atoms with Crippen molar-refractivity contribution in [1.29, 1.82) is 0 Å². The number of pyridine rings is 1. The van der Waals surface area contributed by atoms with Gasteiger partial charge in [-0.2, -0.15) is 0 Å². The average molecular weight is 504 g/mol. The van der Waals surface area contributed by atoms with Crippen molar-refractivity contribution in [2.24, 2.45) is 0 Å². The van der Waals surface area contributed by atoms with Gasteiger partial charge in [0.25, 0.3) is 5.91 Å². The summed E-state index contributed by atoms with van der Waals surface area (Å²) in [5.41, 5.74) is 4.34. The summed E-state index contributed by atoms with van der Waals surface area (Å²) < 4.78 is 14.1. The second-order valence-corrected chi connectivity index (χ2v) is 9.19. The molecule has 6 heteroatoms. The summed E-state index contributed by atoms with van der Waals surface area (Å²) in [4.78, 5) is 22.7. The Balaban J connectivity index is 1.39. The molecule has 1 saturated heterocycles. The van der Waals surface area contributed by atoms with Gasteiger partial charge in [-0.05, 0) is 42.0 Å². The van der Waals surface area contributed by atoms with E-state index < -0.39 is 0 Å². The van der Waals surface area contributed by atoms with Crippen LogP contribution in [0.3, 0.4) is 0 Å². The first-order chi connectivity index (χ1) is 16.1. The molecule has 0 radical (unpaired) electrons. The molecule has 5 rings (SSSR count). The Morgan fingerprint density at radius 1 is 0.909 bits per heavy atom. The Labute approximate surface area is 200 Å². The average Bonchev–Trinajstić information content (AvgIpc) is 2.85. The van der Waals surface area contributed by atoms with Gasteiger partial charge in [-0.25, -0.2) is 9.37 Å². The Morgan fingerprint density at radius 2 is 1.64 bits per heavy atom. The number of carbonyl (C=O) groups is 1. The summed E-state index contributed by atoms with van der Waals surface area (Å²) in [7, 11) is 0. The minimum atomic E-state index is -0.222. The van der Waals surface area contributed by atoms with Crippen LogP contribution < -0.4 is 0 Å². The zero-order valence-electron chi connectivity index (χ0n) is 18.0. The van der Waals surface area contributed by atoms with Crippen molar-refractivity contribution in [3.63, 3.8) is 0 Å². The van der Waals surface area contributed by atoms with E-state index in [1.54, 1.807) is 0 Å². The molecule has 1 fully saturated rings. The molecule has 1 amide bonds. The maximum atomic E-state index is 13.6. The molecule has 0 atom stereocenters. The first kappa shape index (κ1) is 21.7. The smallest absolute Gasteiger partial charge is 0.254 e. The Bertz CT molecular complexity index is 1290. The van der Waals surface area contributed by atoms with Crippen molar-refractivity contribution in [3.8, 4) is 11.3 Å². The number of amides is 1. The van der Waals surface area contributed by atoms with Gasteiger partial charge < -0.3 is 4.90 Å². The highest BCUT2D eigenvalue weighted by molar-refractivity contribution is 9.10.